The quantitative estimate of drug-likeness (QED) is 0.624. The van der Waals surface area contributed by atoms with Crippen LogP contribution in [0.5, 0.6) is 0 Å². The number of hydrogen-bond donors (Lipinski definition) is 1. The molecule has 116 valence electrons. The summed E-state index contributed by atoms with van der Waals surface area (Å²) in [7, 11) is -1.63. The lowest BCUT2D eigenvalue weighted by Gasteiger charge is -2.08. The minimum absolute atomic E-state index is 0.0892. The molecule has 1 aromatic heterocycles. The van der Waals surface area contributed by atoms with E-state index in [0.29, 0.717) is 11.0 Å². The highest BCUT2D eigenvalue weighted by molar-refractivity contribution is 7.15. The third-order valence-corrected chi connectivity index (χ3v) is 4.62. The Morgan fingerprint density at radius 2 is 2.00 bits per heavy atom. The molecule has 2 nitrogen and oxygen atoms in total. The first-order chi connectivity index (χ1) is 10.3. The van der Waals surface area contributed by atoms with Crippen LogP contribution in [0.4, 0.5) is 14.5 Å². The van der Waals surface area contributed by atoms with Crippen molar-refractivity contribution in [2.75, 3.05) is 5.32 Å². The van der Waals surface area contributed by atoms with E-state index in [1.165, 1.54) is 23.5 Å². The molecule has 2 aromatic rings. The second-order valence-electron chi connectivity index (χ2n) is 5.72. The van der Waals surface area contributed by atoms with Crippen LogP contribution in [0, 0.1) is 23.1 Å². The summed E-state index contributed by atoms with van der Waals surface area (Å²) < 4.78 is 28.5. The second-order valence-corrected chi connectivity index (χ2v) is 12.2. The van der Waals surface area contributed by atoms with E-state index >= 15 is 0 Å². The zero-order chi connectivity index (χ0) is 16.3. The molecule has 0 atom stereocenters. The van der Waals surface area contributed by atoms with Gasteiger partial charge in [-0.05, 0) is 12.1 Å². The molecule has 7 heteroatoms. The van der Waals surface area contributed by atoms with Gasteiger partial charge < -0.3 is 5.32 Å². The van der Waals surface area contributed by atoms with Crippen LogP contribution in [0.15, 0.2) is 18.3 Å². The summed E-state index contributed by atoms with van der Waals surface area (Å²) in [5.41, 5.74) is 3.21. The van der Waals surface area contributed by atoms with Gasteiger partial charge in [0.2, 0.25) is 0 Å². The topological polar surface area (TPSA) is 24.9 Å². The summed E-state index contributed by atoms with van der Waals surface area (Å²) >= 11 is 7.01. The SMILES string of the molecule is C[Si](C)(C)C#Cc1ccc(NCc2cnc(Cl)s2)c(F)c1F. The molecule has 0 unspecified atom stereocenters. The van der Waals surface area contributed by atoms with Gasteiger partial charge in [-0.2, -0.15) is 0 Å². The summed E-state index contributed by atoms with van der Waals surface area (Å²) in [5, 5.41) is 2.84. The lowest BCUT2D eigenvalue weighted by atomic mass is 10.2. The van der Waals surface area contributed by atoms with Gasteiger partial charge in [-0.25, -0.2) is 13.8 Å². The summed E-state index contributed by atoms with van der Waals surface area (Å²) in [6, 6.07) is 2.99. The highest BCUT2D eigenvalue weighted by Crippen LogP contribution is 2.23. The van der Waals surface area contributed by atoms with E-state index < -0.39 is 19.7 Å². The van der Waals surface area contributed by atoms with Gasteiger partial charge in [0.1, 0.15) is 8.07 Å². The van der Waals surface area contributed by atoms with E-state index in [9.17, 15) is 8.78 Å². The first kappa shape index (κ1) is 16.9. The smallest absolute Gasteiger partial charge is 0.183 e. The van der Waals surface area contributed by atoms with Gasteiger partial charge in [-0.15, -0.1) is 16.9 Å². The third kappa shape index (κ3) is 4.53. The van der Waals surface area contributed by atoms with Crippen molar-refractivity contribution in [3.05, 3.63) is 44.9 Å². The third-order valence-electron chi connectivity index (χ3n) is 2.63. The minimum atomic E-state index is -1.63. The van der Waals surface area contributed by atoms with Crippen molar-refractivity contribution in [3.8, 4) is 11.5 Å². The van der Waals surface area contributed by atoms with Crippen LogP contribution in [-0.4, -0.2) is 13.1 Å². The van der Waals surface area contributed by atoms with Crippen molar-refractivity contribution >= 4 is 36.7 Å². The fraction of sp³-hybridized carbons (Fsp3) is 0.267. The standard InChI is InChI=1S/C15H15ClF2N2SSi/c1-22(2,3)7-6-10-4-5-12(14(18)13(10)17)19-8-11-9-20-15(16)21-11/h4-5,9,19H,8H2,1-3H3. The van der Waals surface area contributed by atoms with Crippen LogP contribution in [0.1, 0.15) is 10.4 Å². The molecule has 0 saturated carbocycles. The Labute approximate surface area is 138 Å². The highest BCUT2D eigenvalue weighted by atomic mass is 35.5. The number of thiazole rings is 1. The van der Waals surface area contributed by atoms with Gasteiger partial charge in [0.15, 0.2) is 16.1 Å². The fourth-order valence-electron chi connectivity index (χ4n) is 1.59. The lowest BCUT2D eigenvalue weighted by Crippen LogP contribution is -2.16. The van der Waals surface area contributed by atoms with Crippen LogP contribution in [0.3, 0.4) is 0 Å². The van der Waals surface area contributed by atoms with Gasteiger partial charge in [0.05, 0.1) is 17.8 Å². The predicted octanol–water partition coefficient (Wildman–Crippen LogP) is 4.92. The Hall–Kier alpha value is -1.42. The molecule has 0 aliphatic carbocycles. The molecule has 0 radical (unpaired) electrons. The number of nitrogens with zero attached hydrogens (tertiary/aromatic N) is 1. The molecule has 0 saturated heterocycles. The molecule has 22 heavy (non-hydrogen) atoms. The molecule has 0 amide bonds. The van der Waals surface area contributed by atoms with Crippen molar-refractivity contribution in [2.24, 2.45) is 0 Å². The average molecular weight is 357 g/mol. The van der Waals surface area contributed by atoms with E-state index in [1.54, 1.807) is 6.20 Å². The number of hydrogen-bond acceptors (Lipinski definition) is 3. The van der Waals surface area contributed by atoms with Gasteiger partial charge in [0.25, 0.3) is 0 Å². The number of aromatic nitrogens is 1. The largest absolute Gasteiger partial charge is 0.378 e. The molecule has 1 aromatic carbocycles. The first-order valence-corrected chi connectivity index (χ1v) is 11.3. The summed E-state index contributed by atoms with van der Waals surface area (Å²) in [4.78, 5) is 4.73. The molecular formula is C15H15ClF2N2SSi. The van der Waals surface area contributed by atoms with Gasteiger partial charge >= 0.3 is 0 Å². The molecule has 2 rings (SSSR count). The Balaban J connectivity index is 2.17. The second kappa shape index (κ2) is 6.78. The van der Waals surface area contributed by atoms with Crippen molar-refractivity contribution in [2.45, 2.75) is 26.2 Å². The number of benzene rings is 1. The van der Waals surface area contributed by atoms with E-state index in [1.807, 2.05) is 19.6 Å². The van der Waals surface area contributed by atoms with E-state index in [4.69, 9.17) is 11.6 Å². The molecule has 1 N–H and O–H groups in total. The van der Waals surface area contributed by atoms with Crippen LogP contribution in [0.2, 0.25) is 24.1 Å². The Morgan fingerprint density at radius 1 is 1.27 bits per heavy atom. The van der Waals surface area contributed by atoms with E-state index in [2.05, 4.69) is 21.8 Å². The highest BCUT2D eigenvalue weighted by Gasteiger charge is 2.14. The van der Waals surface area contributed by atoms with Crippen molar-refractivity contribution < 1.29 is 8.78 Å². The predicted molar refractivity (Wildman–Crippen MR) is 91.0 cm³/mol. The molecule has 0 fully saturated rings. The molecule has 0 bridgehead atoms. The number of anilines is 1. The van der Waals surface area contributed by atoms with Crippen LogP contribution < -0.4 is 5.32 Å². The van der Waals surface area contributed by atoms with E-state index in [-0.39, 0.29) is 11.3 Å². The monoisotopic (exact) mass is 356 g/mol. The van der Waals surface area contributed by atoms with Gasteiger partial charge in [0, 0.05) is 11.1 Å². The molecule has 0 aliphatic rings. The zero-order valence-corrected chi connectivity index (χ0v) is 15.0. The minimum Gasteiger partial charge on any atom is -0.378 e. The molecule has 0 spiro atoms. The maximum absolute atomic E-state index is 14.1. The molecule has 1 heterocycles. The lowest BCUT2D eigenvalue weighted by molar-refractivity contribution is 0.509. The maximum atomic E-state index is 14.1. The van der Waals surface area contributed by atoms with Crippen LogP contribution >= 0.6 is 22.9 Å². The maximum Gasteiger partial charge on any atom is 0.183 e. The van der Waals surface area contributed by atoms with E-state index in [0.717, 1.165) is 4.88 Å². The fourth-order valence-corrected chi connectivity index (χ4v) is 3.01. The number of rotatable bonds is 3. The first-order valence-electron chi connectivity index (χ1n) is 6.61. The number of halogens is 3. The normalized spacial score (nSPS) is 11.0. The molecular weight excluding hydrogens is 342 g/mol. The summed E-state index contributed by atoms with van der Waals surface area (Å²) in [6.45, 7) is 6.47. The zero-order valence-electron chi connectivity index (χ0n) is 12.4. The summed E-state index contributed by atoms with van der Waals surface area (Å²) in [6.07, 6.45) is 1.60. The van der Waals surface area contributed by atoms with Gasteiger partial charge in [-0.3, -0.25) is 0 Å². The Kier molecular flexibility index (Phi) is 5.22. The van der Waals surface area contributed by atoms with Crippen molar-refractivity contribution in [1.29, 1.82) is 0 Å². The number of nitrogens with one attached hydrogen (secondary N) is 1. The van der Waals surface area contributed by atoms with Gasteiger partial charge in [-0.1, -0.05) is 37.2 Å². The average Bonchev–Trinajstić information content (AvgIpc) is 2.84. The van der Waals surface area contributed by atoms with Crippen molar-refractivity contribution in [1.82, 2.24) is 4.98 Å². The summed E-state index contributed by atoms with van der Waals surface area (Å²) in [5.74, 6) is 0.905. The van der Waals surface area contributed by atoms with Crippen LogP contribution in [0.25, 0.3) is 0 Å². The molecule has 0 aliphatic heterocycles. The van der Waals surface area contributed by atoms with Crippen LogP contribution in [-0.2, 0) is 6.54 Å². The Bertz CT molecular complexity index is 744. The Morgan fingerprint density at radius 3 is 2.59 bits per heavy atom. The van der Waals surface area contributed by atoms with Crippen molar-refractivity contribution in [3.63, 3.8) is 0 Å².